The molecule has 0 bridgehead atoms. The van der Waals surface area contributed by atoms with Crippen molar-refractivity contribution in [2.75, 3.05) is 13.2 Å². The maximum atomic E-state index is 12.8. The number of carbonyl (C=O) groups is 1. The van der Waals surface area contributed by atoms with Crippen LogP contribution < -0.4 is 0 Å². The second-order valence-corrected chi connectivity index (χ2v) is 7.64. The monoisotopic (exact) mass is 396 g/mol. The number of aryl methyl sites for hydroxylation is 1. The zero-order chi connectivity index (χ0) is 20.7. The fraction of sp³-hybridized carbons (Fsp3) is 0.650. The van der Waals surface area contributed by atoms with Crippen molar-refractivity contribution >= 4 is 5.78 Å². The van der Waals surface area contributed by atoms with Crippen molar-refractivity contribution in [1.29, 1.82) is 0 Å². The smallest absolute Gasteiger partial charge is 0.187 e. The quantitative estimate of drug-likeness (QED) is 0.451. The number of carbonyl (C=O) groups excluding carboxylic acids is 1. The van der Waals surface area contributed by atoms with Crippen molar-refractivity contribution in [2.45, 2.75) is 64.0 Å². The van der Waals surface area contributed by atoms with Crippen LogP contribution in [0.5, 0.6) is 0 Å². The molecule has 3 rings (SSSR count). The highest BCUT2D eigenvalue weighted by molar-refractivity contribution is 6.03. The molecule has 5 N–H and O–H groups in total. The van der Waals surface area contributed by atoms with Crippen LogP contribution in [0.4, 0.5) is 0 Å². The van der Waals surface area contributed by atoms with Crippen LogP contribution in [0.1, 0.15) is 45.6 Å². The van der Waals surface area contributed by atoms with Crippen LogP contribution in [-0.2, 0) is 15.9 Å². The largest absolute Gasteiger partial charge is 0.396 e. The molecule has 156 valence electrons. The Morgan fingerprint density at radius 3 is 2.39 bits per heavy atom. The topological polar surface area (TPSA) is 137 Å². The summed E-state index contributed by atoms with van der Waals surface area (Å²) in [5.41, 5.74) is 3.92. The van der Waals surface area contributed by atoms with E-state index in [0.717, 1.165) is 16.7 Å². The average Bonchev–Trinajstić information content (AvgIpc) is 2.90. The third-order valence-corrected chi connectivity index (χ3v) is 5.89. The highest BCUT2D eigenvalue weighted by Gasteiger charge is 2.48. The van der Waals surface area contributed by atoms with E-state index < -0.39 is 49.3 Å². The van der Waals surface area contributed by atoms with Crippen LogP contribution >= 0.6 is 0 Å². The van der Waals surface area contributed by atoms with Gasteiger partial charge in [0, 0.05) is 12.2 Å². The Hall–Kier alpha value is -1.39. The number of aliphatic hydroxyl groups excluding tert-OH is 5. The molecule has 1 aliphatic carbocycles. The lowest BCUT2D eigenvalue weighted by molar-refractivity contribution is -0.314. The molecule has 0 saturated carbocycles. The van der Waals surface area contributed by atoms with Gasteiger partial charge in [-0.25, -0.2) is 0 Å². The van der Waals surface area contributed by atoms with E-state index in [2.05, 4.69) is 0 Å². The number of fused-ring (bicyclic) bond motifs is 1. The van der Waals surface area contributed by atoms with Crippen LogP contribution in [0.25, 0.3) is 0 Å². The van der Waals surface area contributed by atoms with Crippen molar-refractivity contribution in [3.05, 3.63) is 33.9 Å². The molecule has 1 saturated heterocycles. The fourth-order valence-electron chi connectivity index (χ4n) is 4.25. The summed E-state index contributed by atoms with van der Waals surface area (Å²) < 4.78 is 11.4. The lowest BCUT2D eigenvalue weighted by Crippen LogP contribution is -2.59. The first-order valence-corrected chi connectivity index (χ1v) is 9.46. The third-order valence-electron chi connectivity index (χ3n) is 5.89. The van der Waals surface area contributed by atoms with Gasteiger partial charge in [-0.1, -0.05) is 6.92 Å². The highest BCUT2D eigenvalue weighted by atomic mass is 16.7. The second kappa shape index (κ2) is 8.16. The molecule has 1 aliphatic heterocycles. The lowest BCUT2D eigenvalue weighted by atomic mass is 9.91. The summed E-state index contributed by atoms with van der Waals surface area (Å²) in [4.78, 5) is 12.8. The molecule has 8 nitrogen and oxygen atoms in total. The van der Waals surface area contributed by atoms with Gasteiger partial charge in [0.15, 0.2) is 12.1 Å². The van der Waals surface area contributed by atoms with Gasteiger partial charge >= 0.3 is 0 Å². The Bertz CT molecular complexity index is 746. The minimum atomic E-state index is -1.55. The van der Waals surface area contributed by atoms with Gasteiger partial charge in [0.05, 0.1) is 18.6 Å². The van der Waals surface area contributed by atoms with Gasteiger partial charge in [0.1, 0.15) is 24.4 Å². The van der Waals surface area contributed by atoms with Gasteiger partial charge in [0.2, 0.25) is 0 Å². The molecule has 0 amide bonds. The van der Waals surface area contributed by atoms with E-state index in [1.165, 1.54) is 0 Å². The Morgan fingerprint density at radius 2 is 1.79 bits per heavy atom. The van der Waals surface area contributed by atoms with Crippen LogP contribution in [0, 0.1) is 19.8 Å². The number of ether oxygens (including phenoxy) is 2. The molecular weight excluding hydrogens is 368 g/mol. The Morgan fingerprint density at radius 1 is 1.11 bits per heavy atom. The summed E-state index contributed by atoms with van der Waals surface area (Å²) in [5, 5.41) is 48.9. The Labute approximate surface area is 163 Å². The Kier molecular flexibility index (Phi) is 6.21. The van der Waals surface area contributed by atoms with E-state index in [1.807, 2.05) is 13.8 Å². The summed E-state index contributed by atoms with van der Waals surface area (Å²) in [6.07, 6.45) is -7.24. The minimum Gasteiger partial charge on any atom is -0.396 e. The standard InChI is InChI=1S/C20H28O8/c1-8-6-12-14(9(2)11(8)4-5-21)19(10(3)15(12)23)28-20-18(26)17(25)16(24)13(7-22)27-20/h6,10,13,16-22,24-26H,4-5,7H2,1-3H3. The number of hydrogen-bond acceptors (Lipinski definition) is 8. The van der Waals surface area contributed by atoms with Gasteiger partial charge in [0.25, 0.3) is 0 Å². The van der Waals surface area contributed by atoms with Crippen molar-refractivity contribution in [3.63, 3.8) is 0 Å². The average molecular weight is 396 g/mol. The number of hydrogen-bond donors (Lipinski definition) is 5. The molecule has 7 unspecified atom stereocenters. The van der Waals surface area contributed by atoms with Crippen LogP contribution in [0.2, 0.25) is 0 Å². The van der Waals surface area contributed by atoms with E-state index in [1.54, 1.807) is 13.0 Å². The van der Waals surface area contributed by atoms with Crippen LogP contribution in [-0.4, -0.2) is 75.2 Å². The summed E-state index contributed by atoms with van der Waals surface area (Å²) in [6, 6.07) is 1.79. The normalized spacial score (nSPS) is 35.3. The third kappa shape index (κ3) is 3.39. The molecular formula is C20H28O8. The Balaban J connectivity index is 1.96. The molecule has 1 aromatic rings. The first-order valence-electron chi connectivity index (χ1n) is 9.46. The van der Waals surface area contributed by atoms with Gasteiger partial charge in [-0.3, -0.25) is 4.79 Å². The summed E-state index contributed by atoms with van der Waals surface area (Å²) in [5.74, 6) is -0.629. The van der Waals surface area contributed by atoms with Crippen LogP contribution in [0.15, 0.2) is 6.07 Å². The summed E-state index contributed by atoms with van der Waals surface area (Å²) >= 11 is 0. The zero-order valence-corrected chi connectivity index (χ0v) is 16.2. The van der Waals surface area contributed by atoms with Gasteiger partial charge in [-0.15, -0.1) is 0 Å². The first-order chi connectivity index (χ1) is 13.2. The number of Topliss-reactive ketones (excluding diaryl/α,β-unsaturated/α-hetero) is 1. The lowest BCUT2D eigenvalue weighted by Gasteiger charge is -2.41. The van der Waals surface area contributed by atoms with Gasteiger partial charge in [-0.2, -0.15) is 0 Å². The number of rotatable bonds is 5. The van der Waals surface area contributed by atoms with E-state index in [-0.39, 0.29) is 12.4 Å². The van der Waals surface area contributed by atoms with Crippen molar-refractivity contribution in [2.24, 2.45) is 5.92 Å². The number of aliphatic hydroxyl groups is 5. The highest BCUT2D eigenvalue weighted by Crippen LogP contribution is 2.44. The fourth-order valence-corrected chi connectivity index (χ4v) is 4.25. The maximum Gasteiger partial charge on any atom is 0.187 e. The molecule has 8 heteroatoms. The molecule has 7 atom stereocenters. The van der Waals surface area contributed by atoms with Gasteiger partial charge < -0.3 is 35.0 Å². The molecule has 2 aliphatic rings. The number of benzene rings is 1. The van der Waals surface area contributed by atoms with Crippen LogP contribution in [0.3, 0.4) is 0 Å². The van der Waals surface area contributed by atoms with E-state index in [4.69, 9.17) is 9.47 Å². The molecule has 1 heterocycles. The molecule has 28 heavy (non-hydrogen) atoms. The van der Waals surface area contributed by atoms with Crippen molar-refractivity contribution in [3.8, 4) is 0 Å². The van der Waals surface area contributed by atoms with Gasteiger partial charge in [-0.05, 0) is 48.6 Å². The second-order valence-electron chi connectivity index (χ2n) is 7.64. The molecule has 1 fully saturated rings. The van der Waals surface area contributed by atoms with E-state index >= 15 is 0 Å². The molecule has 0 spiro atoms. The first kappa shape index (κ1) is 21.3. The molecule has 0 radical (unpaired) electrons. The van der Waals surface area contributed by atoms with E-state index in [0.29, 0.717) is 17.5 Å². The van der Waals surface area contributed by atoms with Crippen molar-refractivity contribution in [1.82, 2.24) is 0 Å². The maximum absolute atomic E-state index is 12.8. The minimum absolute atomic E-state index is 0.0256. The predicted octanol–water partition coefficient (Wildman–Crippen LogP) is -0.472. The summed E-state index contributed by atoms with van der Waals surface area (Å²) in [7, 11) is 0. The predicted molar refractivity (Wildman–Crippen MR) is 97.8 cm³/mol. The SMILES string of the molecule is Cc1cc2c(c(C)c1CCO)C(OC1OC(CO)C(O)C(O)C1O)C(C)C2=O. The van der Waals surface area contributed by atoms with Crippen molar-refractivity contribution < 1.29 is 39.8 Å². The molecule has 0 aromatic heterocycles. The zero-order valence-electron chi connectivity index (χ0n) is 16.2. The number of ketones is 1. The molecule has 1 aromatic carbocycles. The summed E-state index contributed by atoms with van der Waals surface area (Å²) in [6.45, 7) is 4.90. The van der Waals surface area contributed by atoms with E-state index in [9.17, 15) is 30.3 Å².